The van der Waals surface area contributed by atoms with Crippen LogP contribution in [0.25, 0.3) is 11.3 Å². The van der Waals surface area contributed by atoms with Gasteiger partial charge in [0.15, 0.2) is 0 Å². The van der Waals surface area contributed by atoms with E-state index in [2.05, 4.69) is 4.74 Å². The summed E-state index contributed by atoms with van der Waals surface area (Å²) in [5.74, 6) is -0.510. The van der Waals surface area contributed by atoms with Crippen molar-refractivity contribution in [2.24, 2.45) is 0 Å². The van der Waals surface area contributed by atoms with E-state index in [1.807, 2.05) is 0 Å². The van der Waals surface area contributed by atoms with E-state index in [1.54, 1.807) is 6.92 Å². The van der Waals surface area contributed by atoms with Crippen LogP contribution in [0.2, 0.25) is 5.02 Å². The Labute approximate surface area is 119 Å². The van der Waals surface area contributed by atoms with E-state index < -0.39 is 10.9 Å². The summed E-state index contributed by atoms with van der Waals surface area (Å²) in [6, 6.07) is 5.64. The largest absolute Gasteiger partial charge is 0.463 e. The van der Waals surface area contributed by atoms with Crippen molar-refractivity contribution in [2.75, 3.05) is 7.11 Å². The second-order valence-electron chi connectivity index (χ2n) is 4.03. The predicted molar refractivity (Wildman–Crippen MR) is 71.9 cm³/mol. The van der Waals surface area contributed by atoms with Crippen molar-refractivity contribution in [3.05, 3.63) is 50.7 Å². The minimum Gasteiger partial charge on any atom is -0.463 e. The van der Waals surface area contributed by atoms with Crippen LogP contribution in [0.1, 0.15) is 16.1 Å². The number of nitro groups is 1. The predicted octanol–water partition coefficient (Wildman–Crippen LogP) is 3.60. The zero-order chi connectivity index (χ0) is 14.9. The van der Waals surface area contributed by atoms with Crippen LogP contribution in [-0.4, -0.2) is 18.0 Å². The highest BCUT2D eigenvalue weighted by molar-refractivity contribution is 6.31. The molecule has 0 saturated heterocycles. The van der Waals surface area contributed by atoms with Crippen LogP contribution in [0.15, 0.2) is 28.7 Å². The summed E-state index contributed by atoms with van der Waals surface area (Å²) in [6.07, 6.45) is 0. The first kappa shape index (κ1) is 14.1. The van der Waals surface area contributed by atoms with E-state index in [-0.39, 0.29) is 22.8 Å². The van der Waals surface area contributed by atoms with E-state index in [0.29, 0.717) is 10.6 Å². The number of rotatable bonds is 3. The number of hydrogen-bond acceptors (Lipinski definition) is 5. The Bertz CT molecular complexity index is 692. The van der Waals surface area contributed by atoms with E-state index in [9.17, 15) is 14.9 Å². The molecule has 6 nitrogen and oxygen atoms in total. The zero-order valence-electron chi connectivity index (χ0n) is 10.7. The van der Waals surface area contributed by atoms with Gasteiger partial charge in [0.05, 0.1) is 17.6 Å². The maximum atomic E-state index is 11.3. The van der Waals surface area contributed by atoms with Gasteiger partial charge in [-0.2, -0.15) is 0 Å². The highest BCUT2D eigenvalue weighted by Gasteiger charge is 2.21. The molecule has 1 heterocycles. The van der Waals surface area contributed by atoms with Crippen molar-refractivity contribution in [2.45, 2.75) is 6.92 Å². The molecule has 0 aliphatic carbocycles. The van der Waals surface area contributed by atoms with Crippen molar-refractivity contribution < 1.29 is 18.9 Å². The maximum absolute atomic E-state index is 11.3. The van der Waals surface area contributed by atoms with E-state index in [1.165, 1.54) is 31.4 Å². The van der Waals surface area contributed by atoms with Crippen LogP contribution >= 0.6 is 11.6 Å². The first-order chi connectivity index (χ1) is 9.43. The summed E-state index contributed by atoms with van der Waals surface area (Å²) in [6.45, 7) is 1.67. The van der Waals surface area contributed by atoms with Crippen LogP contribution in [0, 0.1) is 17.0 Å². The van der Waals surface area contributed by atoms with Gasteiger partial charge in [0.1, 0.15) is 5.76 Å². The quantitative estimate of drug-likeness (QED) is 0.491. The van der Waals surface area contributed by atoms with Gasteiger partial charge in [0, 0.05) is 11.1 Å². The Morgan fingerprint density at radius 1 is 1.40 bits per heavy atom. The molecule has 0 atom stereocenters. The average Bonchev–Trinajstić information content (AvgIpc) is 2.89. The number of ether oxygens (including phenoxy) is 1. The van der Waals surface area contributed by atoms with Crippen LogP contribution < -0.4 is 0 Å². The van der Waals surface area contributed by atoms with Gasteiger partial charge in [0.2, 0.25) is 5.76 Å². The lowest BCUT2D eigenvalue weighted by Gasteiger charge is -2.03. The van der Waals surface area contributed by atoms with Crippen LogP contribution in [0.4, 0.5) is 5.69 Å². The summed E-state index contributed by atoms with van der Waals surface area (Å²) in [7, 11) is 1.22. The second-order valence-corrected chi connectivity index (χ2v) is 4.44. The Balaban J connectivity index is 2.57. The molecule has 2 rings (SSSR count). The van der Waals surface area contributed by atoms with Gasteiger partial charge in [-0.1, -0.05) is 11.6 Å². The Morgan fingerprint density at radius 3 is 2.70 bits per heavy atom. The van der Waals surface area contributed by atoms with Crippen molar-refractivity contribution in [3.63, 3.8) is 0 Å². The maximum Gasteiger partial charge on any atom is 0.373 e. The third kappa shape index (κ3) is 2.50. The number of nitrogens with zero attached hydrogens (tertiary/aromatic N) is 1. The molecular formula is C13H10ClNO5. The van der Waals surface area contributed by atoms with Gasteiger partial charge >= 0.3 is 5.97 Å². The molecule has 1 aromatic carbocycles. The van der Waals surface area contributed by atoms with Gasteiger partial charge in [-0.15, -0.1) is 0 Å². The molecule has 0 radical (unpaired) electrons. The molecule has 2 aromatic rings. The first-order valence-corrected chi connectivity index (χ1v) is 5.95. The Hall–Kier alpha value is -2.34. The standard InChI is InChI=1S/C13H10ClNO5/c1-7-5-10(15(17)18)8(6-9(7)14)11-3-4-12(20-11)13(16)19-2/h3-6H,1-2H3. The first-order valence-electron chi connectivity index (χ1n) is 5.57. The van der Waals surface area contributed by atoms with E-state index in [0.717, 1.165) is 0 Å². The van der Waals surface area contributed by atoms with Gasteiger partial charge in [-0.05, 0) is 30.7 Å². The van der Waals surface area contributed by atoms with Gasteiger partial charge in [-0.3, -0.25) is 10.1 Å². The molecule has 1 aromatic heterocycles. The molecule has 0 N–H and O–H groups in total. The van der Waals surface area contributed by atoms with Crippen LogP contribution in [0.5, 0.6) is 0 Å². The number of nitro benzene ring substituents is 1. The monoisotopic (exact) mass is 295 g/mol. The number of hydrogen-bond donors (Lipinski definition) is 0. The van der Waals surface area contributed by atoms with Crippen molar-refractivity contribution in [3.8, 4) is 11.3 Å². The van der Waals surface area contributed by atoms with E-state index >= 15 is 0 Å². The molecule has 0 unspecified atom stereocenters. The normalized spacial score (nSPS) is 10.3. The minimum absolute atomic E-state index is 0.0338. The van der Waals surface area contributed by atoms with Crippen molar-refractivity contribution >= 4 is 23.3 Å². The van der Waals surface area contributed by atoms with Crippen LogP contribution in [-0.2, 0) is 4.74 Å². The topological polar surface area (TPSA) is 82.6 Å². The zero-order valence-corrected chi connectivity index (χ0v) is 11.4. The summed E-state index contributed by atoms with van der Waals surface area (Å²) in [4.78, 5) is 21.9. The number of esters is 1. The number of methoxy groups -OCH3 is 1. The molecule has 0 amide bonds. The summed E-state index contributed by atoms with van der Waals surface area (Å²) in [5.41, 5.74) is 0.653. The molecule has 0 saturated carbocycles. The molecule has 20 heavy (non-hydrogen) atoms. The van der Waals surface area contributed by atoms with Crippen LogP contribution in [0.3, 0.4) is 0 Å². The van der Waals surface area contributed by atoms with Crippen molar-refractivity contribution in [1.82, 2.24) is 0 Å². The van der Waals surface area contributed by atoms with Crippen molar-refractivity contribution in [1.29, 1.82) is 0 Å². The summed E-state index contributed by atoms with van der Waals surface area (Å²) >= 11 is 5.98. The lowest BCUT2D eigenvalue weighted by Crippen LogP contribution is -1.98. The molecule has 0 bridgehead atoms. The second kappa shape index (κ2) is 5.34. The lowest BCUT2D eigenvalue weighted by atomic mass is 10.1. The minimum atomic E-state index is -0.655. The smallest absolute Gasteiger partial charge is 0.373 e. The molecule has 0 spiro atoms. The Kier molecular flexibility index (Phi) is 3.76. The summed E-state index contributed by atoms with van der Waals surface area (Å²) < 4.78 is 9.78. The third-order valence-electron chi connectivity index (χ3n) is 2.73. The number of halogens is 1. The molecule has 0 fully saturated rings. The average molecular weight is 296 g/mol. The molecule has 104 valence electrons. The highest BCUT2D eigenvalue weighted by atomic mass is 35.5. The fourth-order valence-corrected chi connectivity index (χ4v) is 1.87. The highest BCUT2D eigenvalue weighted by Crippen LogP contribution is 2.35. The Morgan fingerprint density at radius 2 is 2.10 bits per heavy atom. The number of furan rings is 1. The number of benzene rings is 1. The van der Waals surface area contributed by atoms with E-state index in [4.69, 9.17) is 16.0 Å². The number of aryl methyl sites for hydroxylation is 1. The third-order valence-corrected chi connectivity index (χ3v) is 3.14. The van der Waals surface area contributed by atoms with Gasteiger partial charge in [-0.25, -0.2) is 4.79 Å². The number of carbonyl (C=O) groups is 1. The van der Waals surface area contributed by atoms with Gasteiger partial charge < -0.3 is 9.15 Å². The molecule has 0 aliphatic heterocycles. The molecular weight excluding hydrogens is 286 g/mol. The molecule has 7 heteroatoms. The summed E-state index contributed by atoms with van der Waals surface area (Å²) in [5, 5.41) is 11.5. The SMILES string of the molecule is COC(=O)c1ccc(-c2cc(Cl)c(C)cc2[N+](=O)[O-])o1. The molecule has 0 aliphatic rings. The fourth-order valence-electron chi connectivity index (χ4n) is 1.71. The lowest BCUT2D eigenvalue weighted by molar-refractivity contribution is -0.384. The fraction of sp³-hybridized carbons (Fsp3) is 0.154. The number of carbonyl (C=O) groups excluding carboxylic acids is 1. The van der Waals surface area contributed by atoms with Gasteiger partial charge in [0.25, 0.3) is 5.69 Å².